The van der Waals surface area contributed by atoms with Gasteiger partial charge in [0.1, 0.15) is 0 Å². The maximum Gasteiger partial charge on any atom is 0.0709 e. The number of hydrogen-bond acceptors (Lipinski definition) is 1. The van der Waals surface area contributed by atoms with E-state index in [0.717, 1.165) is 55.9 Å². The molecule has 0 radical (unpaired) electrons. The van der Waals surface area contributed by atoms with Gasteiger partial charge in [-0.25, -0.2) is 4.98 Å². The molecule has 0 spiro atoms. The highest BCUT2D eigenvalue weighted by Gasteiger charge is 2.16. The molecule has 1 aromatic heterocycles. The predicted octanol–water partition coefficient (Wildman–Crippen LogP) is 19.4. The van der Waals surface area contributed by atoms with Crippen molar-refractivity contribution in [2.45, 2.75) is 0 Å². The van der Waals surface area contributed by atoms with Gasteiger partial charge in [-0.1, -0.05) is 206 Å². The van der Waals surface area contributed by atoms with Crippen LogP contribution in [-0.2, 0) is 0 Å². The minimum absolute atomic E-state index is 0.906. The first-order valence-corrected chi connectivity index (χ1v) is 24.7. The molecule has 1 heteroatoms. The summed E-state index contributed by atoms with van der Waals surface area (Å²) in [6.07, 6.45) is 0. The summed E-state index contributed by atoms with van der Waals surface area (Å²) >= 11 is 0. The van der Waals surface area contributed by atoms with Crippen molar-refractivity contribution in [2.75, 3.05) is 0 Å². The Morgan fingerprint density at radius 1 is 0.125 bits per heavy atom. The minimum Gasteiger partial charge on any atom is -0.248 e. The van der Waals surface area contributed by atoms with Crippen molar-refractivity contribution >= 4 is 0 Å². The summed E-state index contributed by atoms with van der Waals surface area (Å²) in [7, 11) is 0. The monoisotopic (exact) mass is 915 g/mol. The van der Waals surface area contributed by atoms with Crippen molar-refractivity contribution in [3.05, 3.63) is 297 Å². The Bertz CT molecular complexity index is 3490. The zero-order valence-electron chi connectivity index (χ0n) is 39.7. The average Bonchev–Trinajstić information content (AvgIpc) is 3.48. The molecule has 12 rings (SSSR count). The van der Waals surface area contributed by atoms with Crippen LogP contribution >= 0.6 is 0 Å². The van der Waals surface area contributed by atoms with Crippen LogP contribution in [0.1, 0.15) is 0 Å². The zero-order chi connectivity index (χ0) is 48.1. The van der Waals surface area contributed by atoms with Crippen molar-refractivity contribution in [1.82, 2.24) is 4.98 Å². The van der Waals surface area contributed by atoms with Crippen LogP contribution in [0.2, 0.25) is 0 Å². The molecule has 12 aromatic rings. The van der Waals surface area contributed by atoms with Crippen LogP contribution in [0.4, 0.5) is 0 Å². The molecule has 11 aromatic carbocycles. The Balaban J connectivity index is 1.02. The molecular formula is C71H49N. The van der Waals surface area contributed by atoms with E-state index in [1.807, 2.05) is 0 Å². The highest BCUT2D eigenvalue weighted by molar-refractivity contribution is 5.89. The summed E-state index contributed by atoms with van der Waals surface area (Å²) in [6.45, 7) is 0. The Morgan fingerprint density at radius 3 is 0.597 bits per heavy atom. The fourth-order valence-corrected chi connectivity index (χ4v) is 9.89. The lowest BCUT2D eigenvalue weighted by molar-refractivity contribution is 1.32. The van der Waals surface area contributed by atoms with Crippen LogP contribution in [0.15, 0.2) is 297 Å². The summed E-state index contributed by atoms with van der Waals surface area (Å²) in [6, 6.07) is 107. The van der Waals surface area contributed by atoms with Gasteiger partial charge in [0, 0.05) is 11.1 Å². The van der Waals surface area contributed by atoms with Gasteiger partial charge in [0.25, 0.3) is 0 Å². The lowest BCUT2D eigenvalue weighted by Crippen LogP contribution is -1.93. The van der Waals surface area contributed by atoms with Gasteiger partial charge in [-0.2, -0.15) is 0 Å². The van der Waals surface area contributed by atoms with Gasteiger partial charge in [-0.15, -0.1) is 0 Å². The average molecular weight is 916 g/mol. The van der Waals surface area contributed by atoms with Crippen LogP contribution < -0.4 is 0 Å². The Labute approximate surface area is 422 Å². The van der Waals surface area contributed by atoms with Crippen molar-refractivity contribution in [3.63, 3.8) is 0 Å². The fraction of sp³-hybridized carbons (Fsp3) is 0. The van der Waals surface area contributed by atoms with Crippen LogP contribution in [0.3, 0.4) is 0 Å². The summed E-state index contributed by atoms with van der Waals surface area (Å²) < 4.78 is 0. The summed E-state index contributed by atoms with van der Waals surface area (Å²) in [4.78, 5) is 5.51. The number of aromatic nitrogens is 1. The lowest BCUT2D eigenvalue weighted by atomic mass is 9.89. The molecule has 72 heavy (non-hydrogen) atoms. The van der Waals surface area contributed by atoms with Gasteiger partial charge in [0.15, 0.2) is 0 Å². The maximum absolute atomic E-state index is 5.51. The van der Waals surface area contributed by atoms with Gasteiger partial charge >= 0.3 is 0 Å². The molecule has 0 unspecified atom stereocenters. The van der Waals surface area contributed by atoms with E-state index in [9.17, 15) is 0 Å². The highest BCUT2D eigenvalue weighted by atomic mass is 14.7. The summed E-state index contributed by atoms with van der Waals surface area (Å²) in [5.74, 6) is 0. The fourth-order valence-electron chi connectivity index (χ4n) is 9.89. The van der Waals surface area contributed by atoms with E-state index >= 15 is 0 Å². The summed E-state index contributed by atoms with van der Waals surface area (Å²) in [5.41, 5.74) is 24.8. The second-order valence-electron chi connectivity index (χ2n) is 18.4. The first-order chi connectivity index (χ1) is 35.6. The van der Waals surface area contributed by atoms with E-state index < -0.39 is 0 Å². The van der Waals surface area contributed by atoms with Crippen LogP contribution in [0.25, 0.3) is 123 Å². The highest BCUT2D eigenvalue weighted by Crippen LogP contribution is 2.41. The molecule has 338 valence electrons. The summed E-state index contributed by atoms with van der Waals surface area (Å²) in [5, 5.41) is 0. The van der Waals surface area contributed by atoms with E-state index in [4.69, 9.17) is 4.98 Å². The minimum atomic E-state index is 0.906. The van der Waals surface area contributed by atoms with Crippen molar-refractivity contribution in [1.29, 1.82) is 0 Å². The lowest BCUT2D eigenvalue weighted by Gasteiger charge is -2.16. The van der Waals surface area contributed by atoms with E-state index in [1.165, 1.54) is 66.8 Å². The quantitative estimate of drug-likeness (QED) is 0.126. The maximum atomic E-state index is 5.51. The predicted molar refractivity (Wildman–Crippen MR) is 304 cm³/mol. The number of hydrogen-bond donors (Lipinski definition) is 0. The topological polar surface area (TPSA) is 12.9 Å². The Morgan fingerprint density at radius 2 is 0.306 bits per heavy atom. The molecule has 0 bridgehead atoms. The Kier molecular flexibility index (Phi) is 12.1. The number of nitrogens with zero attached hydrogens (tertiary/aromatic N) is 1. The third-order valence-corrected chi connectivity index (χ3v) is 13.6. The molecule has 0 aliphatic heterocycles. The first kappa shape index (κ1) is 43.8. The number of benzene rings is 11. The smallest absolute Gasteiger partial charge is 0.0709 e. The molecule has 0 saturated heterocycles. The van der Waals surface area contributed by atoms with Crippen molar-refractivity contribution in [2.24, 2.45) is 0 Å². The molecule has 0 aliphatic rings. The molecule has 1 heterocycles. The zero-order valence-corrected chi connectivity index (χ0v) is 39.7. The second-order valence-corrected chi connectivity index (χ2v) is 18.4. The standard InChI is InChI=1S/C71H49N/c1-7-21-50(22-8-1)58-38-59(51-23-9-2-10-24-51)42-64(41-58)56-33-19-34-57(37-56)70-35-20-36-71(72-70)69-48-67(65-43-60(52-25-11-3-12-26-52)39-61(44-65)53-27-13-4-14-28-53)47-68(49-69)66-45-62(54-29-15-5-16-30-54)40-63(46-66)55-31-17-6-18-32-55/h1-49H. The van der Waals surface area contributed by atoms with Crippen molar-refractivity contribution in [3.8, 4) is 123 Å². The van der Waals surface area contributed by atoms with E-state index in [-0.39, 0.29) is 0 Å². The second kappa shape index (κ2) is 19.9. The molecule has 0 fully saturated rings. The first-order valence-electron chi connectivity index (χ1n) is 24.7. The van der Waals surface area contributed by atoms with Crippen LogP contribution in [0, 0.1) is 0 Å². The van der Waals surface area contributed by atoms with Crippen LogP contribution in [0.5, 0.6) is 0 Å². The molecule has 1 nitrogen and oxygen atoms in total. The van der Waals surface area contributed by atoms with Gasteiger partial charge in [0.2, 0.25) is 0 Å². The molecular weight excluding hydrogens is 867 g/mol. The molecule has 0 atom stereocenters. The Hall–Kier alpha value is -9.43. The van der Waals surface area contributed by atoms with Gasteiger partial charge in [-0.05, 0) is 191 Å². The van der Waals surface area contributed by atoms with Crippen LogP contribution in [-0.4, -0.2) is 4.98 Å². The third-order valence-electron chi connectivity index (χ3n) is 13.6. The molecule has 0 saturated carbocycles. The molecule has 0 N–H and O–H groups in total. The SMILES string of the molecule is c1ccc(-c2cc(-c3ccccc3)cc(-c3cccc(-c4cccc(-c5cc(-c6cc(-c7ccccc7)cc(-c7ccccc7)c6)cc(-c6cc(-c7ccccc7)cc(-c7ccccc7)c6)c5)n4)c3)c2)cc1. The third kappa shape index (κ3) is 9.48. The number of rotatable bonds is 11. The van der Waals surface area contributed by atoms with E-state index in [1.54, 1.807) is 0 Å². The van der Waals surface area contributed by atoms with E-state index in [2.05, 4.69) is 297 Å². The number of pyridine rings is 1. The van der Waals surface area contributed by atoms with Gasteiger partial charge < -0.3 is 0 Å². The molecule has 0 amide bonds. The molecule has 0 aliphatic carbocycles. The van der Waals surface area contributed by atoms with Gasteiger partial charge in [0.05, 0.1) is 11.4 Å². The van der Waals surface area contributed by atoms with Gasteiger partial charge in [-0.3, -0.25) is 0 Å². The normalized spacial score (nSPS) is 11.1. The van der Waals surface area contributed by atoms with E-state index in [0.29, 0.717) is 0 Å². The largest absolute Gasteiger partial charge is 0.248 e. The van der Waals surface area contributed by atoms with Crippen molar-refractivity contribution < 1.29 is 0 Å².